The van der Waals surface area contributed by atoms with Gasteiger partial charge in [-0.3, -0.25) is 0 Å². The Labute approximate surface area is 338 Å². The summed E-state index contributed by atoms with van der Waals surface area (Å²) in [4.78, 5) is 10.2. The number of fused-ring (bicyclic) bond motifs is 6. The number of benzene rings is 8. The molecule has 2 heterocycles. The second-order valence-corrected chi connectivity index (χ2v) is 15.9. The lowest BCUT2D eigenvalue weighted by Crippen LogP contribution is -2.33. The Balaban J connectivity index is 0.999. The topological polar surface area (TPSA) is 41.7 Å². The van der Waals surface area contributed by atoms with Crippen molar-refractivity contribution in [1.29, 1.82) is 0 Å². The van der Waals surface area contributed by atoms with Crippen LogP contribution in [0.1, 0.15) is 47.8 Å². The fraction of sp³-hybridized carbons (Fsp3) is 0.0741. The number of nitrogens with one attached hydrogen (secondary N) is 1. The summed E-state index contributed by atoms with van der Waals surface area (Å²) < 4.78 is 2.39. The van der Waals surface area contributed by atoms with Crippen molar-refractivity contribution in [3.05, 3.63) is 222 Å². The highest BCUT2D eigenvalue weighted by Crippen LogP contribution is 2.49. The SMILES string of the molecule is CC1(C)c2ccccc2-c2ccc(-c3cccc(-c4ccc5c6ccccc6n(-c6cccc(C7=NC(c8ccccc8)=NC(c8ccccc8)N7)c6)c5c4)c3)cc21. The first-order valence-electron chi connectivity index (χ1n) is 20.0. The summed E-state index contributed by atoms with van der Waals surface area (Å²) in [5.41, 5.74) is 16.7. The third-order valence-corrected chi connectivity index (χ3v) is 12.1. The lowest BCUT2D eigenvalue weighted by molar-refractivity contribution is 0.660. The summed E-state index contributed by atoms with van der Waals surface area (Å²) in [5, 5.41) is 6.10. The predicted octanol–water partition coefficient (Wildman–Crippen LogP) is 12.9. The number of amidine groups is 2. The van der Waals surface area contributed by atoms with Crippen molar-refractivity contribution in [2.24, 2.45) is 9.98 Å². The van der Waals surface area contributed by atoms with Crippen LogP contribution >= 0.6 is 0 Å². The first kappa shape index (κ1) is 34.0. The molecular formula is C54H40N4. The van der Waals surface area contributed by atoms with E-state index in [1.54, 1.807) is 0 Å². The van der Waals surface area contributed by atoms with Crippen molar-refractivity contribution in [3.8, 4) is 39.1 Å². The number of hydrogen-bond donors (Lipinski definition) is 1. The molecule has 8 aromatic carbocycles. The standard InChI is InChI=1S/C54H40N4/c1-54(2)47-25-11-9-23-43(47)44-29-27-39(33-48(44)54)37-19-13-20-38(31-37)40-28-30-46-45-24-10-12-26-49(45)58(50(46)34-40)42-22-14-21-41(32-42)53-56-51(35-15-5-3-6-16-35)55-52(57-53)36-17-7-4-8-18-36/h3-34,51H,1-2H3,(H,55,56,57). The van der Waals surface area contributed by atoms with Gasteiger partial charge in [-0.25, -0.2) is 9.98 Å². The van der Waals surface area contributed by atoms with Gasteiger partial charge < -0.3 is 9.88 Å². The molecule has 0 bridgehead atoms. The second kappa shape index (κ2) is 13.4. The molecule has 0 saturated heterocycles. The van der Waals surface area contributed by atoms with Gasteiger partial charge in [0.05, 0.1) is 11.0 Å². The van der Waals surface area contributed by atoms with E-state index in [1.807, 2.05) is 24.3 Å². The van der Waals surface area contributed by atoms with E-state index in [0.29, 0.717) is 5.84 Å². The van der Waals surface area contributed by atoms with Gasteiger partial charge in [0, 0.05) is 33.0 Å². The van der Waals surface area contributed by atoms with Gasteiger partial charge in [-0.05, 0) is 86.5 Å². The number of rotatable bonds is 6. The molecule has 0 fully saturated rings. The second-order valence-electron chi connectivity index (χ2n) is 15.9. The molecule has 1 unspecified atom stereocenters. The maximum atomic E-state index is 5.12. The molecule has 0 amide bonds. The molecule has 0 spiro atoms. The predicted molar refractivity (Wildman–Crippen MR) is 241 cm³/mol. The van der Waals surface area contributed by atoms with E-state index in [0.717, 1.165) is 39.2 Å². The molecule has 1 aliphatic carbocycles. The first-order chi connectivity index (χ1) is 28.5. The molecule has 11 rings (SSSR count). The van der Waals surface area contributed by atoms with Crippen molar-refractivity contribution < 1.29 is 0 Å². The maximum absolute atomic E-state index is 5.12. The zero-order chi connectivity index (χ0) is 38.8. The number of aromatic nitrogens is 1. The lowest BCUT2D eigenvalue weighted by Gasteiger charge is -2.24. The van der Waals surface area contributed by atoms with Crippen LogP contribution in [-0.4, -0.2) is 16.2 Å². The van der Waals surface area contributed by atoms with Gasteiger partial charge in [0.2, 0.25) is 0 Å². The fourth-order valence-corrected chi connectivity index (χ4v) is 9.10. The molecule has 1 aromatic heterocycles. The third kappa shape index (κ3) is 5.60. The Kier molecular flexibility index (Phi) is 7.87. The van der Waals surface area contributed by atoms with Gasteiger partial charge in [-0.15, -0.1) is 0 Å². The van der Waals surface area contributed by atoms with E-state index < -0.39 is 0 Å². The van der Waals surface area contributed by atoms with Crippen molar-refractivity contribution >= 4 is 33.5 Å². The van der Waals surface area contributed by atoms with Gasteiger partial charge in [0.15, 0.2) is 5.84 Å². The van der Waals surface area contributed by atoms with E-state index in [9.17, 15) is 0 Å². The van der Waals surface area contributed by atoms with Crippen LogP contribution in [0.2, 0.25) is 0 Å². The summed E-state index contributed by atoms with van der Waals surface area (Å²) in [7, 11) is 0. The number of aliphatic imine (C=N–C) groups is 2. The van der Waals surface area contributed by atoms with Gasteiger partial charge in [0.1, 0.15) is 12.0 Å². The van der Waals surface area contributed by atoms with Crippen LogP contribution in [0.5, 0.6) is 0 Å². The molecule has 2 aliphatic rings. The van der Waals surface area contributed by atoms with Crippen LogP contribution < -0.4 is 5.32 Å². The lowest BCUT2D eigenvalue weighted by atomic mass is 9.81. The molecule has 58 heavy (non-hydrogen) atoms. The first-order valence-corrected chi connectivity index (χ1v) is 20.0. The van der Waals surface area contributed by atoms with Crippen molar-refractivity contribution in [2.45, 2.75) is 25.4 Å². The highest BCUT2D eigenvalue weighted by atomic mass is 15.2. The van der Waals surface area contributed by atoms with E-state index >= 15 is 0 Å². The summed E-state index contributed by atoms with van der Waals surface area (Å²) in [6, 6.07) is 69.8. The van der Waals surface area contributed by atoms with Gasteiger partial charge >= 0.3 is 0 Å². The third-order valence-electron chi connectivity index (χ3n) is 12.1. The molecular weight excluding hydrogens is 705 g/mol. The minimum atomic E-state index is -0.265. The summed E-state index contributed by atoms with van der Waals surface area (Å²) in [5.74, 6) is 1.51. The quantitative estimate of drug-likeness (QED) is 0.181. The van der Waals surface area contributed by atoms with Crippen LogP contribution in [0.3, 0.4) is 0 Å². The van der Waals surface area contributed by atoms with Crippen LogP contribution in [0, 0.1) is 0 Å². The molecule has 4 heteroatoms. The van der Waals surface area contributed by atoms with Crippen LogP contribution in [0.15, 0.2) is 204 Å². The van der Waals surface area contributed by atoms with E-state index in [-0.39, 0.29) is 11.6 Å². The zero-order valence-corrected chi connectivity index (χ0v) is 32.4. The molecule has 9 aromatic rings. The summed E-state index contributed by atoms with van der Waals surface area (Å²) in [6.45, 7) is 4.69. The van der Waals surface area contributed by atoms with Crippen LogP contribution in [0.25, 0.3) is 60.9 Å². The Morgan fingerprint density at radius 2 is 1.09 bits per heavy atom. The van der Waals surface area contributed by atoms with E-state index in [2.05, 4.69) is 194 Å². The normalized spacial score (nSPS) is 15.4. The molecule has 1 atom stereocenters. The van der Waals surface area contributed by atoms with Crippen molar-refractivity contribution in [2.75, 3.05) is 0 Å². The Bertz CT molecular complexity index is 3110. The highest BCUT2D eigenvalue weighted by Gasteiger charge is 2.35. The van der Waals surface area contributed by atoms with Gasteiger partial charge in [-0.1, -0.05) is 172 Å². The molecule has 1 aliphatic heterocycles. The molecule has 0 saturated carbocycles. The van der Waals surface area contributed by atoms with Gasteiger partial charge in [0.25, 0.3) is 0 Å². The Morgan fingerprint density at radius 1 is 0.466 bits per heavy atom. The van der Waals surface area contributed by atoms with E-state index in [4.69, 9.17) is 9.98 Å². The molecule has 4 nitrogen and oxygen atoms in total. The Morgan fingerprint density at radius 3 is 1.93 bits per heavy atom. The number of hydrogen-bond acceptors (Lipinski definition) is 3. The molecule has 0 radical (unpaired) electrons. The van der Waals surface area contributed by atoms with Crippen molar-refractivity contribution in [3.63, 3.8) is 0 Å². The molecule has 1 N–H and O–H groups in total. The van der Waals surface area contributed by atoms with Gasteiger partial charge in [-0.2, -0.15) is 0 Å². The minimum absolute atomic E-state index is 0.0453. The van der Waals surface area contributed by atoms with Crippen LogP contribution in [-0.2, 0) is 5.41 Å². The molecule has 276 valence electrons. The maximum Gasteiger partial charge on any atom is 0.159 e. The number of para-hydroxylation sites is 1. The van der Waals surface area contributed by atoms with E-state index in [1.165, 1.54) is 55.3 Å². The average Bonchev–Trinajstić information content (AvgIpc) is 3.74. The monoisotopic (exact) mass is 744 g/mol. The summed E-state index contributed by atoms with van der Waals surface area (Å²) >= 11 is 0. The zero-order valence-electron chi connectivity index (χ0n) is 32.4. The minimum Gasteiger partial charge on any atom is -0.344 e. The fourth-order valence-electron chi connectivity index (χ4n) is 9.10. The van der Waals surface area contributed by atoms with Crippen molar-refractivity contribution in [1.82, 2.24) is 9.88 Å². The highest BCUT2D eigenvalue weighted by molar-refractivity contribution is 6.14. The summed E-state index contributed by atoms with van der Waals surface area (Å²) in [6.07, 6.45) is -0.265. The number of nitrogens with zero attached hydrogens (tertiary/aromatic N) is 3. The average molecular weight is 745 g/mol. The van der Waals surface area contributed by atoms with Crippen LogP contribution in [0.4, 0.5) is 0 Å². The largest absolute Gasteiger partial charge is 0.344 e. The smallest absolute Gasteiger partial charge is 0.159 e. The Hall–Kier alpha value is -7.30.